The molecule has 2 amide bonds. The van der Waals surface area contributed by atoms with E-state index in [-0.39, 0.29) is 23.4 Å². The van der Waals surface area contributed by atoms with Gasteiger partial charge in [-0.25, -0.2) is 0 Å². The minimum Gasteiger partial charge on any atom is -0.318 e. The maximum atomic E-state index is 12.9. The third kappa shape index (κ3) is 4.44. The van der Waals surface area contributed by atoms with E-state index in [1.807, 2.05) is 31.4 Å². The molecule has 2 heterocycles. The lowest BCUT2D eigenvalue weighted by molar-refractivity contribution is -0.384. The molecule has 1 saturated heterocycles. The topological polar surface area (TPSA) is 85.4 Å². The van der Waals surface area contributed by atoms with E-state index in [9.17, 15) is 19.7 Å². The summed E-state index contributed by atoms with van der Waals surface area (Å²) in [6.45, 7) is 5.85. The molecule has 0 atom stereocenters. The van der Waals surface area contributed by atoms with Crippen molar-refractivity contribution in [3.05, 3.63) is 96.7 Å². The molecule has 0 spiro atoms. The number of nitro benzene ring substituents is 1. The normalized spacial score (nSPS) is 15.0. The quantitative estimate of drug-likeness (QED) is 0.246. The SMILES string of the molecule is Cc1cc([N+](=O)[O-])ccc1-n1c(C)cc(C=C2SC(=O)N(Cc3ccc(Cl)cc3)C2=O)c1C. The monoisotopic (exact) mass is 481 g/mol. The lowest BCUT2D eigenvalue weighted by Gasteiger charge is -2.13. The van der Waals surface area contributed by atoms with Crippen LogP contribution in [0.25, 0.3) is 11.8 Å². The number of benzene rings is 2. The number of rotatable bonds is 5. The maximum absolute atomic E-state index is 12.9. The van der Waals surface area contributed by atoms with Gasteiger partial charge < -0.3 is 4.57 Å². The molecule has 33 heavy (non-hydrogen) atoms. The second-order valence-corrected chi connectivity index (χ2v) is 9.21. The zero-order valence-electron chi connectivity index (χ0n) is 18.2. The Bertz CT molecular complexity index is 1330. The van der Waals surface area contributed by atoms with E-state index in [2.05, 4.69) is 0 Å². The number of aryl methyl sites for hydroxylation is 2. The van der Waals surface area contributed by atoms with Crippen LogP contribution in [0.2, 0.25) is 5.02 Å². The Hall–Kier alpha value is -3.36. The van der Waals surface area contributed by atoms with Gasteiger partial charge in [0, 0.05) is 34.2 Å². The highest BCUT2D eigenvalue weighted by molar-refractivity contribution is 8.18. The Labute approximate surface area is 199 Å². The number of hydrogen-bond acceptors (Lipinski definition) is 5. The van der Waals surface area contributed by atoms with E-state index in [1.165, 1.54) is 17.0 Å². The third-order valence-corrected chi connectivity index (χ3v) is 6.68. The van der Waals surface area contributed by atoms with Crippen molar-refractivity contribution in [2.45, 2.75) is 27.3 Å². The summed E-state index contributed by atoms with van der Waals surface area (Å²) in [4.78, 5) is 37.7. The first-order valence-corrected chi connectivity index (χ1v) is 11.3. The summed E-state index contributed by atoms with van der Waals surface area (Å²) in [7, 11) is 0. The number of halogens is 1. The first-order chi connectivity index (χ1) is 15.7. The standard InChI is InChI=1S/C24H20ClN3O4S/c1-14-10-20(28(31)32)8-9-21(14)27-15(2)11-18(16(27)3)12-22-23(29)26(24(30)33-22)13-17-4-6-19(25)7-5-17/h4-12H,13H2,1-3H3. The number of hydrogen-bond donors (Lipinski definition) is 0. The summed E-state index contributed by atoms with van der Waals surface area (Å²) in [6.07, 6.45) is 1.73. The van der Waals surface area contributed by atoms with Gasteiger partial charge in [-0.05, 0) is 79.6 Å². The van der Waals surface area contributed by atoms with Crippen molar-refractivity contribution in [3.8, 4) is 5.69 Å². The van der Waals surface area contributed by atoms with Crippen LogP contribution in [-0.4, -0.2) is 25.5 Å². The Morgan fingerprint density at radius 1 is 1.06 bits per heavy atom. The molecule has 1 aromatic heterocycles. The number of nitro groups is 1. The van der Waals surface area contributed by atoms with Crippen LogP contribution in [0.15, 0.2) is 53.4 Å². The van der Waals surface area contributed by atoms with Gasteiger partial charge in [0.05, 0.1) is 16.4 Å². The summed E-state index contributed by atoms with van der Waals surface area (Å²) in [6, 6.07) is 13.7. The Morgan fingerprint density at radius 3 is 2.39 bits per heavy atom. The lowest BCUT2D eigenvalue weighted by atomic mass is 10.1. The fourth-order valence-electron chi connectivity index (χ4n) is 3.86. The van der Waals surface area contributed by atoms with Crippen LogP contribution in [-0.2, 0) is 11.3 Å². The zero-order chi connectivity index (χ0) is 23.9. The minimum atomic E-state index is -0.419. The van der Waals surface area contributed by atoms with Crippen molar-refractivity contribution >= 4 is 46.3 Å². The van der Waals surface area contributed by atoms with Crippen LogP contribution < -0.4 is 0 Å². The molecule has 168 valence electrons. The Balaban J connectivity index is 1.64. The molecule has 4 rings (SSSR count). The molecule has 1 fully saturated rings. The van der Waals surface area contributed by atoms with Crippen LogP contribution in [0.3, 0.4) is 0 Å². The first-order valence-electron chi connectivity index (χ1n) is 10.1. The van der Waals surface area contributed by atoms with Gasteiger partial charge in [0.2, 0.25) is 0 Å². The van der Waals surface area contributed by atoms with Gasteiger partial charge in [-0.3, -0.25) is 24.6 Å². The molecule has 0 aliphatic carbocycles. The number of non-ortho nitro benzene ring substituents is 1. The molecule has 0 bridgehead atoms. The third-order valence-electron chi connectivity index (χ3n) is 5.52. The maximum Gasteiger partial charge on any atom is 0.293 e. The molecule has 0 N–H and O–H groups in total. The Kier molecular flexibility index (Phi) is 6.14. The van der Waals surface area contributed by atoms with Crippen LogP contribution in [0.1, 0.15) is 28.1 Å². The van der Waals surface area contributed by atoms with Crippen molar-refractivity contribution in [2.24, 2.45) is 0 Å². The van der Waals surface area contributed by atoms with Crippen LogP contribution in [0, 0.1) is 30.9 Å². The summed E-state index contributed by atoms with van der Waals surface area (Å²) in [5, 5.41) is 11.3. The van der Waals surface area contributed by atoms with E-state index in [4.69, 9.17) is 11.6 Å². The van der Waals surface area contributed by atoms with Gasteiger partial charge in [-0.2, -0.15) is 0 Å². The molecule has 2 aromatic carbocycles. The van der Waals surface area contributed by atoms with Crippen molar-refractivity contribution in [1.82, 2.24) is 9.47 Å². The van der Waals surface area contributed by atoms with Gasteiger partial charge in [0.1, 0.15) is 0 Å². The van der Waals surface area contributed by atoms with E-state index in [0.717, 1.165) is 45.5 Å². The molecule has 0 radical (unpaired) electrons. The predicted octanol–water partition coefficient (Wildman–Crippen LogP) is 6.20. The average molecular weight is 482 g/mol. The van der Waals surface area contributed by atoms with Crippen LogP contribution >= 0.6 is 23.4 Å². The van der Waals surface area contributed by atoms with E-state index in [0.29, 0.717) is 9.93 Å². The van der Waals surface area contributed by atoms with Gasteiger partial charge in [-0.15, -0.1) is 0 Å². The highest BCUT2D eigenvalue weighted by Gasteiger charge is 2.35. The molecular weight excluding hydrogens is 462 g/mol. The number of carbonyl (C=O) groups excluding carboxylic acids is 2. The highest BCUT2D eigenvalue weighted by atomic mass is 35.5. The van der Waals surface area contributed by atoms with Crippen LogP contribution in [0.4, 0.5) is 10.5 Å². The second-order valence-electron chi connectivity index (χ2n) is 7.78. The summed E-state index contributed by atoms with van der Waals surface area (Å²) >= 11 is 6.83. The molecule has 3 aromatic rings. The molecular formula is C24H20ClN3O4S. The zero-order valence-corrected chi connectivity index (χ0v) is 19.7. The number of thioether (sulfide) groups is 1. The largest absolute Gasteiger partial charge is 0.318 e. The number of nitrogens with zero attached hydrogens (tertiary/aromatic N) is 3. The van der Waals surface area contributed by atoms with E-state index >= 15 is 0 Å². The summed E-state index contributed by atoms with van der Waals surface area (Å²) < 4.78 is 1.99. The van der Waals surface area contributed by atoms with Crippen molar-refractivity contribution in [3.63, 3.8) is 0 Å². The number of imide groups is 1. The average Bonchev–Trinajstić information content (AvgIpc) is 3.19. The fourth-order valence-corrected chi connectivity index (χ4v) is 4.81. The number of amides is 2. The minimum absolute atomic E-state index is 0.0355. The van der Waals surface area contributed by atoms with E-state index in [1.54, 1.807) is 36.4 Å². The lowest BCUT2D eigenvalue weighted by Crippen LogP contribution is -2.27. The summed E-state index contributed by atoms with van der Waals surface area (Å²) in [5.41, 5.74) is 5.03. The molecule has 0 unspecified atom stereocenters. The smallest absolute Gasteiger partial charge is 0.293 e. The first kappa shape index (κ1) is 22.8. The fraction of sp³-hybridized carbons (Fsp3) is 0.167. The van der Waals surface area contributed by atoms with Crippen molar-refractivity contribution in [1.29, 1.82) is 0 Å². The van der Waals surface area contributed by atoms with Crippen molar-refractivity contribution < 1.29 is 14.5 Å². The number of aromatic nitrogens is 1. The molecule has 9 heteroatoms. The van der Waals surface area contributed by atoms with Crippen LogP contribution in [0.5, 0.6) is 0 Å². The van der Waals surface area contributed by atoms with Crippen molar-refractivity contribution in [2.75, 3.05) is 0 Å². The van der Waals surface area contributed by atoms with Gasteiger partial charge in [-0.1, -0.05) is 23.7 Å². The van der Waals surface area contributed by atoms with E-state index < -0.39 is 4.92 Å². The second kappa shape index (κ2) is 8.88. The predicted molar refractivity (Wildman–Crippen MR) is 130 cm³/mol. The number of carbonyl (C=O) groups is 2. The molecule has 7 nitrogen and oxygen atoms in total. The van der Waals surface area contributed by atoms with Gasteiger partial charge in [0.15, 0.2) is 0 Å². The van der Waals surface area contributed by atoms with Gasteiger partial charge >= 0.3 is 0 Å². The van der Waals surface area contributed by atoms with Gasteiger partial charge in [0.25, 0.3) is 16.8 Å². The Morgan fingerprint density at radius 2 is 1.76 bits per heavy atom. The summed E-state index contributed by atoms with van der Waals surface area (Å²) in [5.74, 6) is -0.337. The highest BCUT2D eigenvalue weighted by Crippen LogP contribution is 2.35. The molecule has 1 aliphatic rings. The molecule has 1 aliphatic heterocycles. The molecule has 0 saturated carbocycles.